The summed E-state index contributed by atoms with van der Waals surface area (Å²) in [5.74, 6) is 2.30. The van der Waals surface area contributed by atoms with Crippen LogP contribution in [-0.4, -0.2) is 11.9 Å². The molecule has 4 atom stereocenters. The molecule has 2 fully saturated rings. The van der Waals surface area contributed by atoms with Crippen molar-refractivity contribution in [2.75, 3.05) is 5.73 Å². The molecule has 3 nitrogen and oxygen atoms in total. The fraction of sp³-hybridized carbons (Fsp3) is 0.562. The third kappa shape index (κ3) is 2.51. The molecule has 4 unspecified atom stereocenters. The van der Waals surface area contributed by atoms with Crippen LogP contribution in [0.1, 0.15) is 43.0 Å². The third-order valence-electron chi connectivity index (χ3n) is 5.06. The second kappa shape index (κ2) is 5.28. The van der Waals surface area contributed by atoms with Gasteiger partial charge in [0.05, 0.1) is 10.7 Å². The number of carbonyl (C=O) groups excluding carboxylic acids is 1. The number of fused-ring (bicyclic) bond motifs is 2. The number of hydrogen-bond donors (Lipinski definition) is 2. The lowest BCUT2D eigenvalue weighted by molar-refractivity contribution is 0.0915. The number of halogens is 1. The van der Waals surface area contributed by atoms with Gasteiger partial charge in [0.15, 0.2) is 0 Å². The Labute approximate surface area is 124 Å². The number of nitrogen functional groups attached to an aromatic ring is 1. The Morgan fingerprint density at radius 3 is 2.80 bits per heavy atom. The van der Waals surface area contributed by atoms with E-state index < -0.39 is 0 Å². The van der Waals surface area contributed by atoms with Crippen LogP contribution in [0.5, 0.6) is 0 Å². The fourth-order valence-electron chi connectivity index (χ4n) is 3.97. The molecule has 1 aromatic rings. The molecule has 0 radical (unpaired) electrons. The Bertz CT molecular complexity index is 531. The molecule has 2 saturated carbocycles. The van der Waals surface area contributed by atoms with Crippen LogP contribution in [0.15, 0.2) is 18.2 Å². The van der Waals surface area contributed by atoms with Gasteiger partial charge in [0.25, 0.3) is 5.91 Å². The highest BCUT2D eigenvalue weighted by atomic mass is 35.5. The zero-order valence-electron chi connectivity index (χ0n) is 11.7. The number of nitrogens with two attached hydrogens (primary N) is 1. The van der Waals surface area contributed by atoms with Crippen LogP contribution in [-0.2, 0) is 0 Å². The number of hydrogen-bond acceptors (Lipinski definition) is 2. The van der Waals surface area contributed by atoms with E-state index in [0.29, 0.717) is 22.2 Å². The van der Waals surface area contributed by atoms with Crippen LogP contribution in [0.25, 0.3) is 0 Å². The van der Waals surface area contributed by atoms with Crippen molar-refractivity contribution < 1.29 is 4.79 Å². The first-order chi connectivity index (χ1) is 9.54. The maximum Gasteiger partial charge on any atom is 0.251 e. The van der Waals surface area contributed by atoms with Gasteiger partial charge in [-0.1, -0.05) is 18.0 Å². The summed E-state index contributed by atoms with van der Waals surface area (Å²) in [7, 11) is 0. The van der Waals surface area contributed by atoms with Crippen molar-refractivity contribution in [3.63, 3.8) is 0 Å². The second-order valence-corrected chi connectivity index (χ2v) is 6.74. The molecule has 20 heavy (non-hydrogen) atoms. The molecule has 1 amide bonds. The minimum Gasteiger partial charge on any atom is -0.398 e. The summed E-state index contributed by atoms with van der Waals surface area (Å²) in [4.78, 5) is 12.3. The first-order valence-corrected chi connectivity index (χ1v) is 7.78. The van der Waals surface area contributed by atoms with Gasteiger partial charge in [0.2, 0.25) is 0 Å². The van der Waals surface area contributed by atoms with E-state index in [1.807, 2.05) is 0 Å². The van der Waals surface area contributed by atoms with Crippen LogP contribution in [0, 0.1) is 17.8 Å². The zero-order chi connectivity index (χ0) is 14.3. The number of carbonyl (C=O) groups is 1. The summed E-state index contributed by atoms with van der Waals surface area (Å²) in [5.41, 5.74) is 6.75. The van der Waals surface area contributed by atoms with E-state index in [0.717, 1.165) is 11.8 Å². The predicted molar refractivity (Wildman–Crippen MR) is 81.7 cm³/mol. The van der Waals surface area contributed by atoms with E-state index in [1.165, 1.54) is 25.7 Å². The summed E-state index contributed by atoms with van der Waals surface area (Å²) >= 11 is 5.97. The number of nitrogens with one attached hydrogen (secondary N) is 1. The predicted octanol–water partition coefficient (Wildman–Crippen LogP) is 3.48. The fourth-order valence-corrected chi connectivity index (χ4v) is 4.15. The van der Waals surface area contributed by atoms with E-state index in [-0.39, 0.29) is 11.9 Å². The first kappa shape index (κ1) is 13.7. The highest BCUT2D eigenvalue weighted by molar-refractivity contribution is 6.33. The number of rotatable bonds is 3. The third-order valence-corrected chi connectivity index (χ3v) is 5.38. The Morgan fingerprint density at radius 2 is 2.20 bits per heavy atom. The van der Waals surface area contributed by atoms with Gasteiger partial charge in [-0.15, -0.1) is 0 Å². The number of benzene rings is 1. The quantitative estimate of drug-likeness (QED) is 0.838. The van der Waals surface area contributed by atoms with Crippen LogP contribution in [0.4, 0.5) is 5.69 Å². The van der Waals surface area contributed by atoms with Crippen molar-refractivity contribution in [3.8, 4) is 0 Å². The van der Waals surface area contributed by atoms with Gasteiger partial charge in [-0.25, -0.2) is 0 Å². The Kier molecular flexibility index (Phi) is 3.63. The van der Waals surface area contributed by atoms with Crippen LogP contribution in [0.2, 0.25) is 5.02 Å². The van der Waals surface area contributed by atoms with Crippen LogP contribution in [0.3, 0.4) is 0 Å². The van der Waals surface area contributed by atoms with Crippen molar-refractivity contribution >= 4 is 23.2 Å². The molecule has 2 aliphatic rings. The lowest BCUT2D eigenvalue weighted by atomic mass is 9.84. The summed E-state index contributed by atoms with van der Waals surface area (Å²) in [6.07, 6.45) is 5.35. The van der Waals surface area contributed by atoms with Crippen molar-refractivity contribution in [1.29, 1.82) is 0 Å². The molecule has 3 rings (SSSR count). The van der Waals surface area contributed by atoms with Gasteiger partial charge in [-0.2, -0.15) is 0 Å². The zero-order valence-corrected chi connectivity index (χ0v) is 12.5. The summed E-state index contributed by atoms with van der Waals surface area (Å²) in [6, 6.07) is 5.28. The smallest absolute Gasteiger partial charge is 0.251 e. The molecular weight excluding hydrogens is 272 g/mol. The molecule has 1 aromatic carbocycles. The minimum atomic E-state index is -0.0535. The molecule has 2 bridgehead atoms. The molecule has 2 aliphatic carbocycles. The lowest BCUT2D eigenvalue weighted by Gasteiger charge is -2.28. The summed E-state index contributed by atoms with van der Waals surface area (Å²) < 4.78 is 0. The molecule has 4 heteroatoms. The largest absolute Gasteiger partial charge is 0.398 e. The molecule has 3 N–H and O–H groups in total. The highest BCUT2D eigenvalue weighted by Gasteiger charge is 2.42. The SMILES string of the molecule is CC(NC(=O)c1ccc(N)c(Cl)c1)C1CC2CCC1C2. The topological polar surface area (TPSA) is 55.1 Å². The van der Waals surface area contributed by atoms with Crippen molar-refractivity contribution in [1.82, 2.24) is 5.32 Å². The summed E-state index contributed by atoms with van der Waals surface area (Å²) in [5, 5.41) is 3.57. The van der Waals surface area contributed by atoms with E-state index in [2.05, 4.69) is 12.2 Å². The Hall–Kier alpha value is -1.22. The molecule has 0 saturated heterocycles. The average molecular weight is 293 g/mol. The van der Waals surface area contributed by atoms with Crippen molar-refractivity contribution in [2.45, 2.75) is 38.6 Å². The van der Waals surface area contributed by atoms with Crippen LogP contribution >= 0.6 is 11.6 Å². The van der Waals surface area contributed by atoms with Crippen molar-refractivity contribution in [3.05, 3.63) is 28.8 Å². The maximum absolute atomic E-state index is 12.3. The Morgan fingerprint density at radius 1 is 1.40 bits per heavy atom. The molecular formula is C16H21ClN2O. The van der Waals surface area contributed by atoms with Gasteiger partial charge in [-0.3, -0.25) is 4.79 Å². The maximum atomic E-state index is 12.3. The first-order valence-electron chi connectivity index (χ1n) is 7.40. The van der Waals surface area contributed by atoms with Crippen molar-refractivity contribution in [2.24, 2.45) is 17.8 Å². The summed E-state index contributed by atoms with van der Waals surface area (Å²) in [6.45, 7) is 2.13. The molecule has 0 heterocycles. The molecule has 0 spiro atoms. The number of anilines is 1. The van der Waals surface area contributed by atoms with E-state index >= 15 is 0 Å². The van der Waals surface area contributed by atoms with Gasteiger partial charge in [0.1, 0.15) is 0 Å². The van der Waals surface area contributed by atoms with Gasteiger partial charge >= 0.3 is 0 Å². The number of amides is 1. The van der Waals surface area contributed by atoms with Gasteiger partial charge < -0.3 is 11.1 Å². The van der Waals surface area contributed by atoms with Crippen LogP contribution < -0.4 is 11.1 Å². The minimum absolute atomic E-state index is 0.0535. The normalized spacial score (nSPS) is 29.4. The molecule has 0 aromatic heterocycles. The standard InChI is InChI=1S/C16H21ClN2O/c1-9(13-7-10-2-3-11(13)6-10)19-16(20)12-4-5-15(18)14(17)8-12/h4-5,8-11,13H,2-3,6-7,18H2,1H3,(H,19,20). The Balaban J connectivity index is 1.65. The lowest BCUT2D eigenvalue weighted by Crippen LogP contribution is -2.40. The molecule has 108 valence electrons. The van der Waals surface area contributed by atoms with Gasteiger partial charge in [0, 0.05) is 11.6 Å². The second-order valence-electron chi connectivity index (χ2n) is 6.34. The van der Waals surface area contributed by atoms with E-state index in [9.17, 15) is 4.79 Å². The van der Waals surface area contributed by atoms with E-state index in [1.54, 1.807) is 18.2 Å². The average Bonchev–Trinajstić information content (AvgIpc) is 3.04. The monoisotopic (exact) mass is 292 g/mol. The highest BCUT2D eigenvalue weighted by Crippen LogP contribution is 2.49. The van der Waals surface area contributed by atoms with Gasteiger partial charge in [-0.05, 0) is 62.1 Å². The van der Waals surface area contributed by atoms with E-state index in [4.69, 9.17) is 17.3 Å². The molecule has 0 aliphatic heterocycles.